The highest BCUT2D eigenvalue weighted by molar-refractivity contribution is 7.98. The van der Waals surface area contributed by atoms with Gasteiger partial charge < -0.3 is 30.4 Å². The number of rotatable bonds is 10. The number of methoxy groups -OCH3 is 2. The molecule has 0 aliphatic heterocycles. The second-order valence-corrected chi connectivity index (χ2v) is 8.63. The molecule has 2 amide bonds. The van der Waals surface area contributed by atoms with E-state index in [-0.39, 0.29) is 11.5 Å². The molecule has 0 spiro atoms. The van der Waals surface area contributed by atoms with Gasteiger partial charge in [0.2, 0.25) is 5.91 Å². The molecule has 5 N–H and O–H groups in total. The van der Waals surface area contributed by atoms with Crippen LogP contribution in [-0.2, 0) is 14.3 Å². The Labute approximate surface area is 219 Å². The van der Waals surface area contributed by atoms with Crippen molar-refractivity contribution in [3.05, 3.63) is 84.4 Å². The van der Waals surface area contributed by atoms with Crippen LogP contribution < -0.4 is 21.1 Å². The summed E-state index contributed by atoms with van der Waals surface area (Å²) in [4.78, 5) is 26.4. The molecule has 3 aromatic carbocycles. The van der Waals surface area contributed by atoms with Gasteiger partial charge in [0.1, 0.15) is 6.10 Å². The Morgan fingerprint density at radius 3 is 2.38 bits per heavy atom. The predicted octanol–water partition coefficient (Wildman–Crippen LogP) is 5.20. The highest BCUT2D eigenvalue weighted by Gasteiger charge is 2.27. The van der Waals surface area contributed by atoms with Crippen LogP contribution in [0.25, 0.3) is 0 Å². The van der Waals surface area contributed by atoms with Crippen molar-refractivity contribution in [2.24, 2.45) is 0 Å². The number of nitrogens with two attached hydrogens (primary N) is 1. The average Bonchev–Trinajstić information content (AvgIpc) is 2.90. The van der Waals surface area contributed by atoms with E-state index in [9.17, 15) is 14.7 Å². The SMILES string of the molecule is COc1ccc([C@H](OC(=O)Nc2ccc(SC)cc2)[C@H](/C=C/C(=O)Nc2ccccc2N)OC)cc1O. The van der Waals surface area contributed by atoms with E-state index in [1.807, 2.05) is 18.4 Å². The van der Waals surface area contributed by atoms with Crippen LogP contribution in [0.1, 0.15) is 11.7 Å². The standard InChI is InChI=1S/C27H29N3O6S/c1-34-23-13-8-17(16-22(23)31)26(36-27(33)29-18-9-11-19(37-3)12-10-18)24(35-2)14-15-25(32)30-21-7-5-4-6-20(21)28/h4-16,24,26,31H,28H2,1-3H3,(H,29,33)(H,30,32)/b15-14+/t24-,26-/m0/s1. The topological polar surface area (TPSA) is 132 Å². The first-order chi connectivity index (χ1) is 17.8. The fourth-order valence-corrected chi connectivity index (χ4v) is 3.82. The van der Waals surface area contributed by atoms with Crippen molar-refractivity contribution in [2.45, 2.75) is 17.1 Å². The molecule has 10 heteroatoms. The van der Waals surface area contributed by atoms with Crippen LogP contribution in [0, 0.1) is 0 Å². The number of phenolic OH excluding ortho intramolecular Hbond substituents is 1. The maximum absolute atomic E-state index is 12.8. The minimum atomic E-state index is -1.02. The number of carbonyl (C=O) groups excluding carboxylic acids is 2. The fraction of sp³-hybridized carbons (Fsp3) is 0.185. The summed E-state index contributed by atoms with van der Waals surface area (Å²) < 4.78 is 16.4. The van der Waals surface area contributed by atoms with Crippen molar-refractivity contribution < 1.29 is 28.9 Å². The van der Waals surface area contributed by atoms with Crippen molar-refractivity contribution in [1.29, 1.82) is 0 Å². The number of para-hydroxylation sites is 2. The minimum Gasteiger partial charge on any atom is -0.504 e. The third kappa shape index (κ3) is 7.66. The van der Waals surface area contributed by atoms with Crippen molar-refractivity contribution >= 4 is 40.8 Å². The highest BCUT2D eigenvalue weighted by atomic mass is 32.2. The quantitative estimate of drug-likeness (QED) is 0.162. The van der Waals surface area contributed by atoms with Gasteiger partial charge in [-0.15, -0.1) is 11.8 Å². The number of nitrogen functional groups attached to an aromatic ring is 1. The van der Waals surface area contributed by atoms with Gasteiger partial charge in [-0.1, -0.05) is 18.2 Å². The van der Waals surface area contributed by atoms with Gasteiger partial charge in [-0.3, -0.25) is 10.1 Å². The Balaban J connectivity index is 1.82. The van der Waals surface area contributed by atoms with E-state index < -0.39 is 24.2 Å². The lowest BCUT2D eigenvalue weighted by Gasteiger charge is -2.25. The second-order valence-electron chi connectivity index (χ2n) is 7.75. The van der Waals surface area contributed by atoms with Crippen LogP contribution in [-0.4, -0.2) is 43.7 Å². The Morgan fingerprint density at radius 2 is 1.76 bits per heavy atom. The van der Waals surface area contributed by atoms with Crippen molar-refractivity contribution in [3.63, 3.8) is 0 Å². The monoisotopic (exact) mass is 523 g/mol. The summed E-state index contributed by atoms with van der Waals surface area (Å²) in [7, 11) is 2.85. The fourth-order valence-electron chi connectivity index (χ4n) is 3.42. The number of thioether (sulfide) groups is 1. The normalized spacial score (nSPS) is 12.5. The number of phenols is 1. The lowest BCUT2D eigenvalue weighted by Crippen LogP contribution is -2.27. The van der Waals surface area contributed by atoms with Crippen LogP contribution in [0.4, 0.5) is 21.9 Å². The van der Waals surface area contributed by atoms with Crippen LogP contribution >= 0.6 is 11.8 Å². The zero-order chi connectivity index (χ0) is 26.8. The minimum absolute atomic E-state index is 0.141. The van der Waals surface area contributed by atoms with Crippen LogP contribution in [0.15, 0.2) is 83.8 Å². The number of benzene rings is 3. The molecule has 0 saturated carbocycles. The summed E-state index contributed by atoms with van der Waals surface area (Å²) in [6.45, 7) is 0. The van der Waals surface area contributed by atoms with Gasteiger partial charge in [0, 0.05) is 23.8 Å². The van der Waals surface area contributed by atoms with Crippen molar-refractivity contribution in [3.8, 4) is 11.5 Å². The lowest BCUT2D eigenvalue weighted by atomic mass is 10.0. The number of carbonyl (C=O) groups is 2. The summed E-state index contributed by atoms with van der Waals surface area (Å²) in [5.41, 5.74) is 7.74. The maximum atomic E-state index is 12.8. The number of hydrogen-bond donors (Lipinski definition) is 4. The third-order valence-corrected chi connectivity index (χ3v) is 6.07. The van der Waals surface area contributed by atoms with Gasteiger partial charge in [-0.05, 0) is 66.4 Å². The summed E-state index contributed by atoms with van der Waals surface area (Å²) in [5.74, 6) is -0.336. The van der Waals surface area contributed by atoms with Crippen molar-refractivity contribution in [1.82, 2.24) is 0 Å². The first-order valence-electron chi connectivity index (χ1n) is 11.2. The Bertz CT molecular complexity index is 1250. The van der Waals surface area contributed by atoms with Crippen LogP contribution in [0.3, 0.4) is 0 Å². The molecule has 0 heterocycles. The molecule has 194 valence electrons. The maximum Gasteiger partial charge on any atom is 0.412 e. The van der Waals surface area contributed by atoms with Gasteiger partial charge in [0.05, 0.1) is 18.5 Å². The van der Waals surface area contributed by atoms with Gasteiger partial charge in [0.25, 0.3) is 0 Å². The molecule has 0 aliphatic carbocycles. The summed E-state index contributed by atoms with van der Waals surface area (Å²) in [5, 5.41) is 15.7. The van der Waals surface area contributed by atoms with Crippen LogP contribution in [0.2, 0.25) is 0 Å². The van der Waals surface area contributed by atoms with E-state index in [0.717, 1.165) is 4.90 Å². The number of anilines is 3. The van der Waals surface area contributed by atoms with Gasteiger partial charge in [-0.25, -0.2) is 4.79 Å². The molecule has 0 bridgehead atoms. The molecule has 0 aliphatic rings. The number of ether oxygens (including phenoxy) is 3. The molecule has 0 radical (unpaired) electrons. The lowest BCUT2D eigenvalue weighted by molar-refractivity contribution is -0.112. The number of aromatic hydroxyl groups is 1. The van der Waals surface area contributed by atoms with E-state index in [1.165, 1.54) is 32.4 Å². The summed E-state index contributed by atoms with van der Waals surface area (Å²) >= 11 is 1.58. The summed E-state index contributed by atoms with van der Waals surface area (Å²) in [6.07, 6.45) is 2.04. The van der Waals surface area contributed by atoms with Gasteiger partial charge in [0.15, 0.2) is 17.6 Å². The molecule has 0 unspecified atom stereocenters. The molecule has 0 aromatic heterocycles. The van der Waals surface area contributed by atoms with E-state index >= 15 is 0 Å². The molecular formula is C27H29N3O6S. The molecule has 37 heavy (non-hydrogen) atoms. The first-order valence-corrected chi connectivity index (χ1v) is 12.4. The first kappa shape index (κ1) is 27.4. The molecular weight excluding hydrogens is 494 g/mol. The third-order valence-electron chi connectivity index (χ3n) is 5.33. The summed E-state index contributed by atoms with van der Waals surface area (Å²) in [6, 6.07) is 18.7. The van der Waals surface area contributed by atoms with Gasteiger partial charge >= 0.3 is 6.09 Å². The number of nitrogens with one attached hydrogen (secondary N) is 2. The zero-order valence-electron chi connectivity index (χ0n) is 20.6. The van der Waals surface area contributed by atoms with E-state index in [2.05, 4.69) is 10.6 Å². The number of hydrogen-bond acceptors (Lipinski definition) is 8. The largest absolute Gasteiger partial charge is 0.504 e. The number of amides is 2. The molecule has 9 nitrogen and oxygen atoms in total. The average molecular weight is 524 g/mol. The molecule has 2 atom stereocenters. The smallest absolute Gasteiger partial charge is 0.412 e. The van der Waals surface area contributed by atoms with E-state index in [1.54, 1.807) is 60.3 Å². The van der Waals surface area contributed by atoms with Crippen LogP contribution in [0.5, 0.6) is 11.5 Å². The highest BCUT2D eigenvalue weighted by Crippen LogP contribution is 2.33. The predicted molar refractivity (Wildman–Crippen MR) is 145 cm³/mol. The van der Waals surface area contributed by atoms with Crippen molar-refractivity contribution in [2.75, 3.05) is 36.8 Å². The Morgan fingerprint density at radius 1 is 1.03 bits per heavy atom. The van der Waals surface area contributed by atoms with E-state index in [4.69, 9.17) is 19.9 Å². The van der Waals surface area contributed by atoms with Gasteiger partial charge in [-0.2, -0.15) is 0 Å². The molecule has 3 aromatic rings. The Hall–Kier alpha value is -4.15. The second kappa shape index (κ2) is 13.2. The van der Waals surface area contributed by atoms with E-state index in [0.29, 0.717) is 22.6 Å². The molecule has 3 rings (SSSR count). The molecule has 0 saturated heterocycles. The Kier molecular flexibility index (Phi) is 9.82. The zero-order valence-corrected chi connectivity index (χ0v) is 21.5. The molecule has 0 fully saturated rings.